The molecule has 2 atom stereocenters. The maximum atomic E-state index is 11.4. The topological polar surface area (TPSA) is 58.6 Å². The zero-order chi connectivity index (χ0) is 9.26. The first-order valence-electron chi connectivity index (χ1n) is 4.56. The third-order valence-corrected chi connectivity index (χ3v) is 2.40. The lowest BCUT2D eigenvalue weighted by Crippen LogP contribution is -2.28. The van der Waals surface area contributed by atoms with Crippen LogP contribution in [0.15, 0.2) is 11.8 Å². The number of aliphatic hydroxyl groups excluding tert-OH is 1. The Labute approximate surface area is 76.6 Å². The molecule has 0 saturated heterocycles. The van der Waals surface area contributed by atoms with E-state index in [4.69, 9.17) is 9.84 Å². The Morgan fingerprint density at radius 3 is 3.15 bits per heavy atom. The van der Waals surface area contributed by atoms with Crippen LogP contribution in [0.4, 0.5) is 0 Å². The van der Waals surface area contributed by atoms with Crippen molar-refractivity contribution >= 4 is 5.91 Å². The summed E-state index contributed by atoms with van der Waals surface area (Å²) in [5.41, 5.74) is 0. The van der Waals surface area contributed by atoms with Crippen molar-refractivity contribution in [2.24, 2.45) is 5.92 Å². The highest BCUT2D eigenvalue weighted by molar-refractivity contribution is 5.92. The van der Waals surface area contributed by atoms with Crippen molar-refractivity contribution in [2.75, 3.05) is 13.2 Å². The highest BCUT2D eigenvalue weighted by atomic mass is 16.5. The number of aliphatic hydroxyl groups is 1. The van der Waals surface area contributed by atoms with E-state index in [2.05, 4.69) is 5.32 Å². The van der Waals surface area contributed by atoms with Crippen LogP contribution in [0.1, 0.15) is 12.8 Å². The van der Waals surface area contributed by atoms with E-state index in [1.165, 1.54) is 0 Å². The van der Waals surface area contributed by atoms with Crippen molar-refractivity contribution in [1.29, 1.82) is 0 Å². The predicted octanol–water partition coefficient (Wildman–Crippen LogP) is -0.212. The first-order chi connectivity index (χ1) is 6.31. The molecule has 4 nitrogen and oxygen atoms in total. The summed E-state index contributed by atoms with van der Waals surface area (Å²) in [5.74, 6) is 0.549. The Balaban J connectivity index is 1.79. The number of carbonyl (C=O) groups excluding carboxylic acids is 1. The molecule has 1 amide bonds. The van der Waals surface area contributed by atoms with Crippen molar-refractivity contribution in [3.8, 4) is 0 Å². The van der Waals surface area contributed by atoms with Gasteiger partial charge in [-0.15, -0.1) is 0 Å². The summed E-state index contributed by atoms with van der Waals surface area (Å²) in [6.45, 7) is 0.766. The monoisotopic (exact) mass is 183 g/mol. The molecule has 13 heavy (non-hydrogen) atoms. The quantitative estimate of drug-likeness (QED) is 0.636. The molecule has 0 aromatic heterocycles. The maximum absolute atomic E-state index is 11.4. The second-order valence-electron chi connectivity index (χ2n) is 3.46. The molecule has 2 aliphatic rings. The Bertz CT molecular complexity index is 249. The summed E-state index contributed by atoms with van der Waals surface area (Å²) in [6, 6.07) is 0.155. The highest BCUT2D eigenvalue weighted by Crippen LogP contribution is 2.29. The Kier molecular flexibility index (Phi) is 2.22. The second kappa shape index (κ2) is 3.38. The zero-order valence-corrected chi connectivity index (χ0v) is 7.32. The van der Waals surface area contributed by atoms with Crippen molar-refractivity contribution in [2.45, 2.75) is 18.9 Å². The van der Waals surface area contributed by atoms with Crippen molar-refractivity contribution in [3.63, 3.8) is 0 Å². The largest absolute Gasteiger partial charge is 0.488 e. The van der Waals surface area contributed by atoms with Crippen molar-refractivity contribution in [1.82, 2.24) is 5.32 Å². The van der Waals surface area contributed by atoms with Gasteiger partial charge in [-0.05, 0) is 12.5 Å². The van der Waals surface area contributed by atoms with E-state index >= 15 is 0 Å². The molecular formula is C9H13NO3. The third kappa shape index (κ3) is 1.83. The molecule has 1 fully saturated rings. The summed E-state index contributed by atoms with van der Waals surface area (Å²) >= 11 is 0. The molecule has 0 aromatic rings. The third-order valence-electron chi connectivity index (χ3n) is 2.40. The second-order valence-corrected chi connectivity index (χ2v) is 3.46. The van der Waals surface area contributed by atoms with Crippen molar-refractivity contribution in [3.05, 3.63) is 11.8 Å². The average Bonchev–Trinajstić information content (AvgIpc) is 2.68. The smallest absolute Gasteiger partial charge is 0.286 e. The Hall–Kier alpha value is -1.03. The summed E-state index contributed by atoms with van der Waals surface area (Å²) in [7, 11) is 0. The molecule has 1 aliphatic carbocycles. The summed E-state index contributed by atoms with van der Waals surface area (Å²) in [6.07, 6.45) is 3.50. The van der Waals surface area contributed by atoms with Gasteiger partial charge in [0.05, 0.1) is 6.61 Å². The van der Waals surface area contributed by atoms with E-state index < -0.39 is 0 Å². The molecule has 1 heterocycles. The molecule has 0 aromatic carbocycles. The van der Waals surface area contributed by atoms with Crippen LogP contribution >= 0.6 is 0 Å². The average molecular weight is 183 g/mol. The van der Waals surface area contributed by atoms with Gasteiger partial charge < -0.3 is 15.2 Å². The van der Waals surface area contributed by atoms with Crippen LogP contribution in [-0.2, 0) is 9.53 Å². The first-order valence-corrected chi connectivity index (χ1v) is 4.56. The summed E-state index contributed by atoms with van der Waals surface area (Å²) in [5, 5.41) is 11.6. The number of carbonyl (C=O) groups is 1. The molecule has 1 aliphatic heterocycles. The van der Waals surface area contributed by atoms with E-state index in [0.717, 1.165) is 12.8 Å². The van der Waals surface area contributed by atoms with Gasteiger partial charge >= 0.3 is 0 Å². The number of hydrogen-bond donors (Lipinski definition) is 2. The van der Waals surface area contributed by atoms with Crippen LogP contribution in [0.2, 0.25) is 0 Å². The zero-order valence-electron chi connectivity index (χ0n) is 7.32. The van der Waals surface area contributed by atoms with Crippen LogP contribution in [0.5, 0.6) is 0 Å². The molecule has 1 saturated carbocycles. The van der Waals surface area contributed by atoms with E-state index in [1.54, 1.807) is 6.08 Å². The van der Waals surface area contributed by atoms with Gasteiger partial charge in [-0.3, -0.25) is 4.79 Å². The van der Waals surface area contributed by atoms with E-state index in [9.17, 15) is 4.79 Å². The molecule has 2 unspecified atom stereocenters. The van der Waals surface area contributed by atoms with E-state index in [-0.39, 0.29) is 24.5 Å². The van der Waals surface area contributed by atoms with Gasteiger partial charge in [-0.1, -0.05) is 0 Å². The normalized spacial score (nSPS) is 30.7. The van der Waals surface area contributed by atoms with Crippen LogP contribution in [0.25, 0.3) is 0 Å². The van der Waals surface area contributed by atoms with Gasteiger partial charge in [-0.25, -0.2) is 0 Å². The van der Waals surface area contributed by atoms with Gasteiger partial charge in [0, 0.05) is 25.0 Å². The van der Waals surface area contributed by atoms with Crippen LogP contribution < -0.4 is 5.32 Å². The minimum Gasteiger partial charge on any atom is -0.488 e. The molecule has 4 heteroatoms. The molecule has 0 radical (unpaired) electrons. The summed E-state index contributed by atoms with van der Waals surface area (Å²) < 4.78 is 5.10. The molecule has 0 bridgehead atoms. The minimum absolute atomic E-state index is 0.140. The van der Waals surface area contributed by atoms with Crippen LogP contribution in [0, 0.1) is 5.92 Å². The molecule has 0 spiro atoms. The first kappa shape index (κ1) is 8.56. The Morgan fingerprint density at radius 1 is 1.77 bits per heavy atom. The number of ether oxygens (including phenoxy) is 1. The Morgan fingerprint density at radius 2 is 2.62 bits per heavy atom. The summed E-state index contributed by atoms with van der Waals surface area (Å²) in [4.78, 5) is 11.4. The van der Waals surface area contributed by atoms with Gasteiger partial charge in [0.1, 0.15) is 0 Å². The van der Waals surface area contributed by atoms with Gasteiger partial charge in [0.2, 0.25) is 0 Å². The lowest BCUT2D eigenvalue weighted by Gasteiger charge is -2.04. The SMILES string of the molecule is O=C(NC1CC1CO)C1=CCCO1. The van der Waals surface area contributed by atoms with Crippen molar-refractivity contribution < 1.29 is 14.6 Å². The van der Waals surface area contributed by atoms with E-state index in [0.29, 0.717) is 12.4 Å². The van der Waals surface area contributed by atoms with Gasteiger partial charge in [0.15, 0.2) is 5.76 Å². The minimum atomic E-state index is -0.140. The van der Waals surface area contributed by atoms with Crippen LogP contribution in [-0.4, -0.2) is 30.3 Å². The molecule has 2 N–H and O–H groups in total. The molecule has 2 rings (SSSR count). The van der Waals surface area contributed by atoms with Gasteiger partial charge in [-0.2, -0.15) is 0 Å². The fourth-order valence-corrected chi connectivity index (χ4v) is 1.44. The van der Waals surface area contributed by atoms with Crippen LogP contribution in [0.3, 0.4) is 0 Å². The number of hydrogen-bond acceptors (Lipinski definition) is 3. The lowest BCUT2D eigenvalue weighted by molar-refractivity contribution is -0.120. The fraction of sp³-hybridized carbons (Fsp3) is 0.667. The standard InChI is InChI=1S/C9H13NO3/c11-5-6-4-7(6)10-9(12)8-2-1-3-13-8/h2,6-7,11H,1,3-5H2,(H,10,12). The lowest BCUT2D eigenvalue weighted by atomic mass is 10.4. The number of nitrogens with one attached hydrogen (secondary N) is 1. The fourth-order valence-electron chi connectivity index (χ4n) is 1.44. The molecular weight excluding hydrogens is 170 g/mol. The molecule has 72 valence electrons. The predicted molar refractivity (Wildman–Crippen MR) is 45.8 cm³/mol. The maximum Gasteiger partial charge on any atom is 0.286 e. The number of rotatable bonds is 3. The number of amides is 1. The van der Waals surface area contributed by atoms with Gasteiger partial charge in [0.25, 0.3) is 5.91 Å². The van der Waals surface area contributed by atoms with E-state index in [1.807, 2.05) is 0 Å². The highest BCUT2D eigenvalue weighted by Gasteiger charge is 2.38.